The summed E-state index contributed by atoms with van der Waals surface area (Å²) in [6, 6.07) is 0.438. The maximum atomic E-state index is 5.56. The largest absolute Gasteiger partial charge is 0.329 e. The van der Waals surface area contributed by atoms with E-state index in [0.29, 0.717) is 11.5 Å². The monoisotopic (exact) mass is 200 g/mol. The van der Waals surface area contributed by atoms with Gasteiger partial charge in [0.15, 0.2) is 0 Å². The molecule has 2 nitrogen and oxygen atoms in total. The van der Waals surface area contributed by atoms with Gasteiger partial charge in [0.2, 0.25) is 0 Å². The van der Waals surface area contributed by atoms with Crippen LogP contribution in [-0.2, 0) is 0 Å². The molecule has 0 aliphatic rings. The lowest BCUT2D eigenvalue weighted by Crippen LogP contribution is -2.39. The van der Waals surface area contributed by atoms with Crippen molar-refractivity contribution in [1.29, 1.82) is 0 Å². The molecule has 1 atom stereocenters. The number of rotatable bonds is 7. The highest BCUT2D eigenvalue weighted by molar-refractivity contribution is 4.74. The average molecular weight is 200 g/mol. The van der Waals surface area contributed by atoms with Crippen LogP contribution in [-0.4, -0.2) is 19.1 Å². The maximum Gasteiger partial charge on any atom is 0.0162 e. The molecule has 0 saturated heterocycles. The molecule has 1 unspecified atom stereocenters. The number of nitrogens with one attached hydrogen (secondary N) is 1. The molecule has 0 heterocycles. The van der Waals surface area contributed by atoms with E-state index in [0.717, 1.165) is 19.0 Å². The zero-order valence-electron chi connectivity index (χ0n) is 10.6. The molecule has 0 rings (SSSR count). The number of hydrogen-bond donors (Lipinski definition) is 2. The summed E-state index contributed by atoms with van der Waals surface area (Å²) in [7, 11) is 0. The van der Waals surface area contributed by atoms with E-state index < -0.39 is 0 Å². The van der Waals surface area contributed by atoms with Crippen LogP contribution in [0.25, 0.3) is 0 Å². The van der Waals surface area contributed by atoms with Crippen LogP contribution in [0.15, 0.2) is 0 Å². The van der Waals surface area contributed by atoms with Gasteiger partial charge in [0, 0.05) is 19.1 Å². The number of nitrogens with two attached hydrogens (primary N) is 1. The van der Waals surface area contributed by atoms with E-state index >= 15 is 0 Å². The van der Waals surface area contributed by atoms with Crippen LogP contribution in [0.3, 0.4) is 0 Å². The second kappa shape index (κ2) is 6.41. The predicted octanol–water partition coefficient (Wildman–Crippen LogP) is 2.39. The minimum absolute atomic E-state index is 0.397. The van der Waals surface area contributed by atoms with E-state index in [1.54, 1.807) is 0 Å². The first kappa shape index (κ1) is 13.9. The van der Waals surface area contributed by atoms with Gasteiger partial charge in [-0.25, -0.2) is 0 Å². The van der Waals surface area contributed by atoms with Crippen LogP contribution in [0.1, 0.15) is 47.5 Å². The summed E-state index contributed by atoms with van der Waals surface area (Å²) < 4.78 is 0. The quantitative estimate of drug-likeness (QED) is 0.662. The summed E-state index contributed by atoms with van der Waals surface area (Å²) in [5.74, 6) is 0.807. The van der Waals surface area contributed by atoms with Crippen LogP contribution in [0.5, 0.6) is 0 Å². The Balaban J connectivity index is 3.71. The Morgan fingerprint density at radius 3 is 2.21 bits per heavy atom. The summed E-state index contributed by atoms with van der Waals surface area (Å²) in [6.45, 7) is 13.1. The highest BCUT2D eigenvalue weighted by Crippen LogP contribution is 2.23. The molecule has 0 aromatic rings. The third-order valence-electron chi connectivity index (χ3n) is 2.68. The van der Waals surface area contributed by atoms with Gasteiger partial charge in [-0.2, -0.15) is 0 Å². The molecule has 0 aliphatic heterocycles. The van der Waals surface area contributed by atoms with Gasteiger partial charge < -0.3 is 11.1 Å². The van der Waals surface area contributed by atoms with E-state index in [-0.39, 0.29) is 0 Å². The Morgan fingerprint density at radius 2 is 1.79 bits per heavy atom. The molecule has 0 spiro atoms. The van der Waals surface area contributed by atoms with Crippen molar-refractivity contribution in [3.05, 3.63) is 0 Å². The van der Waals surface area contributed by atoms with Crippen molar-refractivity contribution in [2.24, 2.45) is 17.1 Å². The Bertz CT molecular complexity index is 141. The third kappa shape index (κ3) is 7.34. The SMILES string of the molecule is CC(C)CCC(C)(C)CNC(C)CN. The Morgan fingerprint density at radius 1 is 1.21 bits per heavy atom. The van der Waals surface area contributed by atoms with Gasteiger partial charge >= 0.3 is 0 Å². The van der Waals surface area contributed by atoms with E-state index in [1.165, 1.54) is 12.8 Å². The molecule has 0 aromatic carbocycles. The van der Waals surface area contributed by atoms with Crippen molar-refractivity contribution in [2.45, 2.75) is 53.5 Å². The molecule has 2 heteroatoms. The highest BCUT2D eigenvalue weighted by Gasteiger charge is 2.18. The minimum atomic E-state index is 0.397. The van der Waals surface area contributed by atoms with Gasteiger partial charge in [-0.05, 0) is 24.7 Å². The molecule has 0 bridgehead atoms. The fraction of sp³-hybridized carbons (Fsp3) is 1.00. The first-order chi connectivity index (χ1) is 6.37. The predicted molar refractivity (Wildman–Crippen MR) is 64.4 cm³/mol. The molecule has 0 saturated carbocycles. The van der Waals surface area contributed by atoms with E-state index in [1.807, 2.05) is 0 Å². The fourth-order valence-electron chi connectivity index (χ4n) is 1.30. The van der Waals surface area contributed by atoms with Crippen molar-refractivity contribution < 1.29 is 0 Å². The number of hydrogen-bond acceptors (Lipinski definition) is 2. The zero-order valence-corrected chi connectivity index (χ0v) is 10.6. The van der Waals surface area contributed by atoms with Crippen LogP contribution >= 0.6 is 0 Å². The van der Waals surface area contributed by atoms with Gasteiger partial charge in [0.1, 0.15) is 0 Å². The molecule has 86 valence electrons. The second-order valence-corrected chi connectivity index (χ2v) is 5.61. The summed E-state index contributed by atoms with van der Waals surface area (Å²) in [5, 5.41) is 3.47. The highest BCUT2D eigenvalue weighted by atomic mass is 14.9. The molecule has 0 fully saturated rings. The van der Waals surface area contributed by atoms with Gasteiger partial charge in [-0.1, -0.05) is 34.1 Å². The molecule has 0 aliphatic carbocycles. The zero-order chi connectivity index (χ0) is 11.2. The summed E-state index contributed by atoms with van der Waals surface area (Å²) >= 11 is 0. The van der Waals surface area contributed by atoms with Crippen LogP contribution in [0, 0.1) is 11.3 Å². The average Bonchev–Trinajstić information content (AvgIpc) is 2.11. The van der Waals surface area contributed by atoms with Crippen molar-refractivity contribution in [2.75, 3.05) is 13.1 Å². The standard InChI is InChI=1S/C12H28N2/c1-10(2)6-7-12(4,5)9-14-11(3)8-13/h10-11,14H,6-9,13H2,1-5H3. The molecule has 0 amide bonds. The van der Waals surface area contributed by atoms with E-state index in [4.69, 9.17) is 5.73 Å². The first-order valence-electron chi connectivity index (χ1n) is 5.81. The second-order valence-electron chi connectivity index (χ2n) is 5.61. The topological polar surface area (TPSA) is 38.0 Å². The fourth-order valence-corrected chi connectivity index (χ4v) is 1.30. The lowest BCUT2D eigenvalue weighted by Gasteiger charge is -2.27. The van der Waals surface area contributed by atoms with Gasteiger partial charge in [0.05, 0.1) is 0 Å². The lowest BCUT2D eigenvalue weighted by molar-refractivity contribution is 0.279. The molecule has 14 heavy (non-hydrogen) atoms. The minimum Gasteiger partial charge on any atom is -0.329 e. The lowest BCUT2D eigenvalue weighted by atomic mass is 9.85. The van der Waals surface area contributed by atoms with Crippen LogP contribution < -0.4 is 11.1 Å². The Kier molecular flexibility index (Phi) is 6.38. The summed E-state index contributed by atoms with van der Waals surface area (Å²) in [6.07, 6.45) is 2.60. The molecule has 0 radical (unpaired) electrons. The summed E-state index contributed by atoms with van der Waals surface area (Å²) in [5.41, 5.74) is 5.96. The van der Waals surface area contributed by atoms with Crippen molar-refractivity contribution in [3.63, 3.8) is 0 Å². The van der Waals surface area contributed by atoms with E-state index in [2.05, 4.69) is 39.9 Å². The third-order valence-corrected chi connectivity index (χ3v) is 2.68. The maximum absolute atomic E-state index is 5.56. The molecule has 3 N–H and O–H groups in total. The van der Waals surface area contributed by atoms with E-state index in [9.17, 15) is 0 Å². The molecular formula is C12H28N2. The Hall–Kier alpha value is -0.0800. The normalized spacial score (nSPS) is 14.8. The van der Waals surface area contributed by atoms with Gasteiger partial charge in [-0.3, -0.25) is 0 Å². The molecular weight excluding hydrogens is 172 g/mol. The van der Waals surface area contributed by atoms with Crippen molar-refractivity contribution in [3.8, 4) is 0 Å². The van der Waals surface area contributed by atoms with Gasteiger partial charge in [0.25, 0.3) is 0 Å². The van der Waals surface area contributed by atoms with Crippen molar-refractivity contribution >= 4 is 0 Å². The Labute approximate surface area is 89.6 Å². The van der Waals surface area contributed by atoms with Crippen molar-refractivity contribution in [1.82, 2.24) is 5.32 Å². The summed E-state index contributed by atoms with van der Waals surface area (Å²) in [4.78, 5) is 0. The van der Waals surface area contributed by atoms with Crippen LogP contribution in [0.4, 0.5) is 0 Å². The van der Waals surface area contributed by atoms with Gasteiger partial charge in [-0.15, -0.1) is 0 Å². The first-order valence-corrected chi connectivity index (χ1v) is 5.81. The van der Waals surface area contributed by atoms with Crippen LogP contribution in [0.2, 0.25) is 0 Å². The smallest absolute Gasteiger partial charge is 0.0162 e. The molecule has 0 aromatic heterocycles.